The zero-order chi connectivity index (χ0) is 17.9. The fraction of sp³-hybridized carbons (Fsp3) is 0.222. The minimum Gasteiger partial charge on any atom is -0.304 e. The Labute approximate surface area is 143 Å². The second-order valence-electron chi connectivity index (χ2n) is 5.69. The third-order valence-corrected chi connectivity index (χ3v) is 3.83. The number of para-hydroxylation sites is 1. The van der Waals surface area contributed by atoms with Gasteiger partial charge in [-0.3, -0.25) is 0 Å². The van der Waals surface area contributed by atoms with Crippen LogP contribution < -0.4 is 5.32 Å². The minimum absolute atomic E-state index is 0.246. The number of alkyl halides is 3. The fourth-order valence-corrected chi connectivity index (χ4v) is 2.42. The molecule has 0 radical (unpaired) electrons. The maximum atomic E-state index is 12.8. The Balaban J connectivity index is 1.65. The van der Waals surface area contributed by atoms with Crippen molar-refractivity contribution in [2.75, 3.05) is 0 Å². The highest BCUT2D eigenvalue weighted by Gasteiger charge is 2.30. The van der Waals surface area contributed by atoms with Crippen molar-refractivity contribution in [1.82, 2.24) is 20.3 Å². The normalized spacial score (nSPS) is 13.0. The van der Waals surface area contributed by atoms with E-state index in [0.29, 0.717) is 17.8 Å². The van der Waals surface area contributed by atoms with Gasteiger partial charge < -0.3 is 5.32 Å². The zero-order valence-corrected chi connectivity index (χ0v) is 13.5. The summed E-state index contributed by atoms with van der Waals surface area (Å²) in [5.74, 6) is 0. The first-order valence-corrected chi connectivity index (χ1v) is 7.80. The van der Waals surface area contributed by atoms with Gasteiger partial charge in [-0.15, -0.1) is 0 Å². The van der Waals surface area contributed by atoms with Gasteiger partial charge in [-0.25, -0.2) is 0 Å². The van der Waals surface area contributed by atoms with Crippen molar-refractivity contribution in [2.24, 2.45) is 0 Å². The highest BCUT2D eigenvalue weighted by atomic mass is 19.4. The van der Waals surface area contributed by atoms with Crippen LogP contribution in [0.1, 0.15) is 29.8 Å². The van der Waals surface area contributed by atoms with Crippen LogP contribution >= 0.6 is 0 Å². The van der Waals surface area contributed by atoms with Gasteiger partial charge in [0.2, 0.25) is 0 Å². The number of benzene rings is 2. The lowest BCUT2D eigenvalue weighted by Gasteiger charge is -2.15. The van der Waals surface area contributed by atoms with Crippen LogP contribution in [0.25, 0.3) is 5.69 Å². The number of halogens is 3. The summed E-state index contributed by atoms with van der Waals surface area (Å²) in [6.07, 6.45) is -2.70. The Kier molecular flexibility index (Phi) is 4.85. The van der Waals surface area contributed by atoms with Crippen LogP contribution in [0.4, 0.5) is 13.2 Å². The van der Waals surface area contributed by atoms with Crippen LogP contribution in [-0.2, 0) is 12.7 Å². The third-order valence-electron chi connectivity index (χ3n) is 3.83. The Bertz CT molecular complexity index is 828. The lowest BCUT2D eigenvalue weighted by molar-refractivity contribution is -0.137. The van der Waals surface area contributed by atoms with Crippen molar-refractivity contribution >= 4 is 0 Å². The van der Waals surface area contributed by atoms with Crippen molar-refractivity contribution in [3.8, 4) is 5.69 Å². The summed E-state index contributed by atoms with van der Waals surface area (Å²) in [6.45, 7) is 2.22. The molecule has 0 saturated carbocycles. The van der Waals surface area contributed by atoms with E-state index in [1.165, 1.54) is 16.9 Å². The molecule has 0 saturated heterocycles. The van der Waals surface area contributed by atoms with Crippen molar-refractivity contribution in [3.05, 3.63) is 77.6 Å². The van der Waals surface area contributed by atoms with Crippen LogP contribution in [0.15, 0.2) is 60.8 Å². The van der Waals surface area contributed by atoms with Gasteiger partial charge in [0.1, 0.15) is 0 Å². The molecule has 0 aliphatic heterocycles. The molecule has 25 heavy (non-hydrogen) atoms. The zero-order valence-electron chi connectivity index (χ0n) is 13.5. The first-order chi connectivity index (χ1) is 11.9. The van der Waals surface area contributed by atoms with Gasteiger partial charge in [-0.2, -0.15) is 28.2 Å². The Morgan fingerprint density at radius 2 is 1.84 bits per heavy atom. The van der Waals surface area contributed by atoms with Crippen molar-refractivity contribution in [1.29, 1.82) is 0 Å². The van der Waals surface area contributed by atoms with E-state index in [2.05, 4.69) is 15.5 Å². The molecule has 0 spiro atoms. The molecule has 2 aromatic carbocycles. The van der Waals surface area contributed by atoms with E-state index in [-0.39, 0.29) is 6.04 Å². The molecular formula is C18H17F3N4. The van der Waals surface area contributed by atoms with Gasteiger partial charge in [0, 0.05) is 12.6 Å². The molecule has 1 aromatic heterocycles. The van der Waals surface area contributed by atoms with Crippen LogP contribution in [-0.4, -0.2) is 15.0 Å². The highest BCUT2D eigenvalue weighted by molar-refractivity contribution is 5.29. The second-order valence-corrected chi connectivity index (χ2v) is 5.69. The average Bonchev–Trinajstić information content (AvgIpc) is 3.09. The van der Waals surface area contributed by atoms with Gasteiger partial charge in [-0.05, 0) is 36.8 Å². The smallest absolute Gasteiger partial charge is 0.304 e. The molecule has 1 atom stereocenters. The summed E-state index contributed by atoms with van der Waals surface area (Å²) in [7, 11) is 0. The Hall–Kier alpha value is -2.67. The SMILES string of the molecule is CC(NCc1cnn(-c2ccccc2)n1)c1cccc(C(F)(F)F)c1. The van der Waals surface area contributed by atoms with Crippen LogP contribution in [0, 0.1) is 0 Å². The van der Waals surface area contributed by atoms with Gasteiger partial charge in [0.25, 0.3) is 0 Å². The number of aromatic nitrogens is 3. The molecule has 3 aromatic rings. The molecule has 1 heterocycles. The predicted octanol–water partition coefficient (Wildman–Crippen LogP) is 4.14. The van der Waals surface area contributed by atoms with Crippen molar-refractivity contribution in [2.45, 2.75) is 25.7 Å². The topological polar surface area (TPSA) is 42.7 Å². The summed E-state index contributed by atoms with van der Waals surface area (Å²) in [5.41, 5.74) is 1.49. The number of nitrogens with zero attached hydrogens (tertiary/aromatic N) is 3. The lowest BCUT2D eigenvalue weighted by atomic mass is 10.0. The standard InChI is InChI=1S/C18H17F3N4/c1-13(14-6-5-7-15(10-14)18(19,20)21)22-11-16-12-23-25(24-16)17-8-3-2-4-9-17/h2-10,12-13,22H,11H2,1H3. The second kappa shape index (κ2) is 7.06. The van der Waals surface area contributed by atoms with E-state index in [4.69, 9.17) is 0 Å². The minimum atomic E-state index is -4.34. The summed E-state index contributed by atoms with van der Waals surface area (Å²) < 4.78 is 38.4. The first-order valence-electron chi connectivity index (χ1n) is 7.80. The number of rotatable bonds is 5. The summed E-state index contributed by atoms with van der Waals surface area (Å²) in [6, 6.07) is 14.6. The van der Waals surface area contributed by atoms with Gasteiger partial charge in [-0.1, -0.05) is 30.3 Å². The van der Waals surface area contributed by atoms with Gasteiger partial charge >= 0.3 is 6.18 Å². The average molecular weight is 346 g/mol. The van der Waals surface area contributed by atoms with Crippen LogP contribution in [0.3, 0.4) is 0 Å². The largest absolute Gasteiger partial charge is 0.416 e. The highest BCUT2D eigenvalue weighted by Crippen LogP contribution is 2.30. The monoisotopic (exact) mass is 346 g/mol. The maximum absolute atomic E-state index is 12.8. The van der Waals surface area contributed by atoms with E-state index in [0.717, 1.165) is 11.8 Å². The number of hydrogen-bond acceptors (Lipinski definition) is 3. The third kappa shape index (κ3) is 4.24. The summed E-state index contributed by atoms with van der Waals surface area (Å²) >= 11 is 0. The molecule has 0 fully saturated rings. The molecule has 7 heteroatoms. The molecular weight excluding hydrogens is 329 g/mol. The Morgan fingerprint density at radius 3 is 2.56 bits per heavy atom. The lowest BCUT2D eigenvalue weighted by Crippen LogP contribution is -2.19. The molecule has 0 amide bonds. The molecule has 0 aliphatic carbocycles. The van der Waals surface area contributed by atoms with Gasteiger partial charge in [0.15, 0.2) is 0 Å². The molecule has 4 nitrogen and oxygen atoms in total. The number of nitrogens with one attached hydrogen (secondary N) is 1. The predicted molar refractivity (Wildman–Crippen MR) is 88.1 cm³/mol. The molecule has 3 rings (SSSR count). The molecule has 1 unspecified atom stereocenters. The van der Waals surface area contributed by atoms with E-state index in [1.54, 1.807) is 12.3 Å². The fourth-order valence-electron chi connectivity index (χ4n) is 2.42. The molecule has 1 N–H and O–H groups in total. The maximum Gasteiger partial charge on any atom is 0.416 e. The van der Waals surface area contributed by atoms with E-state index in [1.807, 2.05) is 37.3 Å². The van der Waals surface area contributed by atoms with E-state index < -0.39 is 11.7 Å². The number of hydrogen-bond donors (Lipinski definition) is 1. The molecule has 0 bridgehead atoms. The summed E-state index contributed by atoms with van der Waals surface area (Å²) in [4.78, 5) is 1.52. The summed E-state index contributed by atoms with van der Waals surface area (Å²) in [5, 5.41) is 11.7. The van der Waals surface area contributed by atoms with Crippen LogP contribution in [0.2, 0.25) is 0 Å². The molecule has 130 valence electrons. The Morgan fingerprint density at radius 1 is 1.08 bits per heavy atom. The van der Waals surface area contributed by atoms with E-state index in [9.17, 15) is 13.2 Å². The quantitative estimate of drug-likeness (QED) is 0.755. The van der Waals surface area contributed by atoms with Crippen molar-refractivity contribution in [3.63, 3.8) is 0 Å². The van der Waals surface area contributed by atoms with Crippen molar-refractivity contribution < 1.29 is 13.2 Å². The van der Waals surface area contributed by atoms with Crippen LogP contribution in [0.5, 0.6) is 0 Å². The molecule has 0 aliphatic rings. The first kappa shape index (κ1) is 17.2. The van der Waals surface area contributed by atoms with Gasteiger partial charge in [0.05, 0.1) is 23.1 Å². The van der Waals surface area contributed by atoms with E-state index >= 15 is 0 Å².